The summed E-state index contributed by atoms with van der Waals surface area (Å²) in [7, 11) is 0. The second-order valence-corrected chi connectivity index (χ2v) is 4.37. The Labute approximate surface area is 101 Å². The summed E-state index contributed by atoms with van der Waals surface area (Å²) in [5.74, 6) is -6.48. The van der Waals surface area contributed by atoms with E-state index in [2.05, 4.69) is 0 Å². The molecule has 102 valence electrons. The average Bonchev–Trinajstić information content (AvgIpc) is 2.19. The van der Waals surface area contributed by atoms with Crippen molar-refractivity contribution in [1.29, 1.82) is 0 Å². The average molecular weight is 294 g/mol. The van der Waals surface area contributed by atoms with Gasteiger partial charge in [0.15, 0.2) is 0 Å². The monoisotopic (exact) mass is 294 g/mol. The number of hydrogen-bond acceptors (Lipinski definition) is 2. The van der Waals surface area contributed by atoms with Crippen molar-refractivity contribution in [2.45, 2.75) is 22.2 Å². The number of phenols is 1. The van der Waals surface area contributed by atoms with Crippen molar-refractivity contribution in [3.8, 4) is 5.75 Å². The minimum Gasteiger partial charge on any atom is -0.508 e. The van der Waals surface area contributed by atoms with E-state index in [4.69, 9.17) is 5.11 Å². The van der Waals surface area contributed by atoms with Gasteiger partial charge in [-0.1, -0.05) is 0 Å². The lowest BCUT2D eigenvalue weighted by atomic mass is 10.3. The molecule has 0 fully saturated rings. The molecule has 1 nitrogen and oxygen atoms in total. The first-order valence-corrected chi connectivity index (χ1v) is 5.09. The molecule has 0 atom stereocenters. The van der Waals surface area contributed by atoms with E-state index in [1.54, 1.807) is 0 Å². The highest BCUT2D eigenvalue weighted by Crippen LogP contribution is 2.53. The van der Waals surface area contributed by atoms with Gasteiger partial charge in [0.25, 0.3) is 0 Å². The molecule has 0 amide bonds. The van der Waals surface area contributed by atoms with Crippen LogP contribution in [-0.2, 0) is 0 Å². The number of halogens is 7. The minimum absolute atomic E-state index is 0.328. The number of alkyl halides is 7. The molecule has 0 aliphatic rings. The van der Waals surface area contributed by atoms with Gasteiger partial charge in [-0.05, 0) is 36.0 Å². The van der Waals surface area contributed by atoms with Crippen LogP contribution in [0.3, 0.4) is 0 Å². The zero-order valence-electron chi connectivity index (χ0n) is 8.31. The Bertz CT molecular complexity index is 412. The van der Waals surface area contributed by atoms with Crippen LogP contribution in [0.25, 0.3) is 0 Å². The number of benzene rings is 1. The first-order valence-electron chi connectivity index (χ1n) is 4.28. The number of thioether (sulfide) groups is 1. The van der Waals surface area contributed by atoms with Crippen LogP contribution in [0.2, 0.25) is 0 Å². The van der Waals surface area contributed by atoms with Crippen molar-refractivity contribution in [2.75, 3.05) is 0 Å². The lowest BCUT2D eigenvalue weighted by Gasteiger charge is -2.27. The van der Waals surface area contributed by atoms with Crippen LogP contribution in [0.4, 0.5) is 30.7 Å². The molecule has 0 aromatic heterocycles. The maximum Gasteiger partial charge on any atom is 0.460 e. The van der Waals surface area contributed by atoms with Crippen LogP contribution < -0.4 is 0 Å². The maximum atomic E-state index is 12.9. The lowest BCUT2D eigenvalue weighted by molar-refractivity contribution is -0.330. The van der Waals surface area contributed by atoms with E-state index >= 15 is 0 Å². The van der Waals surface area contributed by atoms with E-state index in [0.717, 1.165) is 24.3 Å². The quantitative estimate of drug-likeness (QED) is 0.663. The van der Waals surface area contributed by atoms with Gasteiger partial charge in [-0.2, -0.15) is 30.7 Å². The topological polar surface area (TPSA) is 20.2 Å². The zero-order valence-corrected chi connectivity index (χ0v) is 9.13. The van der Waals surface area contributed by atoms with Gasteiger partial charge in [0, 0.05) is 4.90 Å². The Morgan fingerprint density at radius 1 is 0.833 bits per heavy atom. The van der Waals surface area contributed by atoms with Gasteiger partial charge < -0.3 is 5.11 Å². The fraction of sp³-hybridized carbons (Fsp3) is 0.333. The van der Waals surface area contributed by atoms with Crippen molar-refractivity contribution < 1.29 is 35.8 Å². The molecule has 0 saturated heterocycles. The Kier molecular flexibility index (Phi) is 3.75. The number of hydrogen-bond donors (Lipinski definition) is 1. The lowest BCUT2D eigenvalue weighted by Crippen LogP contribution is -2.49. The van der Waals surface area contributed by atoms with Crippen molar-refractivity contribution in [3.05, 3.63) is 24.3 Å². The molecule has 0 spiro atoms. The number of aromatic hydroxyl groups is 1. The molecule has 0 aliphatic heterocycles. The Balaban J connectivity index is 2.97. The van der Waals surface area contributed by atoms with Crippen LogP contribution in [0.1, 0.15) is 0 Å². The van der Waals surface area contributed by atoms with Gasteiger partial charge >= 0.3 is 17.4 Å². The van der Waals surface area contributed by atoms with Crippen molar-refractivity contribution in [1.82, 2.24) is 0 Å². The fourth-order valence-electron chi connectivity index (χ4n) is 0.891. The molecular weight excluding hydrogens is 289 g/mol. The molecule has 0 aliphatic carbocycles. The van der Waals surface area contributed by atoms with Gasteiger partial charge in [-0.3, -0.25) is 0 Å². The Hall–Kier alpha value is -1.12. The molecule has 0 saturated carbocycles. The molecular formula is C9H5F7OS. The Morgan fingerprint density at radius 2 is 1.28 bits per heavy atom. The molecule has 1 aromatic carbocycles. The highest BCUT2D eigenvalue weighted by Gasteiger charge is 2.73. The fourth-order valence-corrected chi connectivity index (χ4v) is 1.70. The smallest absolute Gasteiger partial charge is 0.460 e. The predicted octanol–water partition coefficient (Wildman–Crippen LogP) is 4.27. The minimum atomic E-state index is -6.35. The molecule has 0 heterocycles. The van der Waals surface area contributed by atoms with E-state index in [1.807, 2.05) is 0 Å². The number of phenolic OH excluding ortho intramolecular Hbond substituents is 1. The van der Waals surface area contributed by atoms with E-state index in [1.165, 1.54) is 0 Å². The summed E-state index contributed by atoms with van der Waals surface area (Å²) >= 11 is -0.926. The van der Waals surface area contributed by atoms with Crippen LogP contribution in [0.5, 0.6) is 5.75 Å². The first kappa shape index (κ1) is 14.9. The van der Waals surface area contributed by atoms with E-state index in [-0.39, 0.29) is 5.75 Å². The number of rotatable bonds is 3. The molecule has 1 rings (SSSR count). The second-order valence-electron chi connectivity index (χ2n) is 3.18. The van der Waals surface area contributed by atoms with Gasteiger partial charge in [0.2, 0.25) is 0 Å². The SMILES string of the molecule is Oc1ccc(SC(F)(F)C(F)(F)C(F)(F)F)cc1. The van der Waals surface area contributed by atoms with E-state index in [0.29, 0.717) is 0 Å². The highest BCUT2D eigenvalue weighted by atomic mass is 32.2. The highest BCUT2D eigenvalue weighted by molar-refractivity contribution is 8.00. The summed E-state index contributed by atoms with van der Waals surface area (Å²) in [6, 6.07) is 3.40. The molecule has 18 heavy (non-hydrogen) atoms. The zero-order chi connectivity index (χ0) is 14.2. The third-order valence-corrected chi connectivity index (χ3v) is 2.82. The van der Waals surface area contributed by atoms with Gasteiger partial charge in [0.05, 0.1) is 0 Å². The third-order valence-electron chi connectivity index (χ3n) is 1.80. The van der Waals surface area contributed by atoms with Crippen LogP contribution in [0, 0.1) is 0 Å². The van der Waals surface area contributed by atoms with E-state index < -0.39 is 34.0 Å². The van der Waals surface area contributed by atoms with Crippen LogP contribution in [-0.4, -0.2) is 22.5 Å². The van der Waals surface area contributed by atoms with Gasteiger partial charge in [0.1, 0.15) is 5.75 Å². The summed E-state index contributed by atoms with van der Waals surface area (Å²) in [5.41, 5.74) is 0. The van der Waals surface area contributed by atoms with Crippen molar-refractivity contribution >= 4 is 11.8 Å². The summed E-state index contributed by atoms with van der Waals surface area (Å²) in [6.45, 7) is 0. The molecule has 1 aromatic rings. The molecule has 9 heteroatoms. The third kappa shape index (κ3) is 2.82. The molecule has 0 radical (unpaired) electrons. The normalized spacial score (nSPS) is 13.7. The first-order chi connectivity index (χ1) is 7.97. The maximum absolute atomic E-state index is 12.9. The van der Waals surface area contributed by atoms with Crippen LogP contribution in [0.15, 0.2) is 29.2 Å². The second kappa shape index (κ2) is 4.52. The standard InChI is InChI=1S/C9H5F7OS/c10-7(11,8(12,13)14)9(15,16)18-6-3-1-5(17)2-4-6/h1-4,17H. The van der Waals surface area contributed by atoms with Gasteiger partial charge in [-0.15, -0.1) is 0 Å². The van der Waals surface area contributed by atoms with Crippen molar-refractivity contribution in [3.63, 3.8) is 0 Å². The summed E-state index contributed by atoms with van der Waals surface area (Å²) < 4.78 is 86.3. The Morgan fingerprint density at radius 3 is 1.67 bits per heavy atom. The van der Waals surface area contributed by atoms with Crippen LogP contribution >= 0.6 is 11.8 Å². The summed E-state index contributed by atoms with van der Waals surface area (Å²) in [4.78, 5) is -0.526. The van der Waals surface area contributed by atoms with Gasteiger partial charge in [-0.25, -0.2) is 0 Å². The van der Waals surface area contributed by atoms with Crippen molar-refractivity contribution in [2.24, 2.45) is 0 Å². The molecule has 1 N–H and O–H groups in total. The van der Waals surface area contributed by atoms with E-state index in [9.17, 15) is 30.7 Å². The molecule has 0 unspecified atom stereocenters. The predicted molar refractivity (Wildman–Crippen MR) is 49.9 cm³/mol. The largest absolute Gasteiger partial charge is 0.508 e. The summed E-state index contributed by atoms with van der Waals surface area (Å²) in [6.07, 6.45) is -6.35. The summed E-state index contributed by atoms with van der Waals surface area (Å²) in [5, 5.41) is 3.47. The molecule has 0 bridgehead atoms.